The van der Waals surface area contributed by atoms with E-state index in [-0.39, 0.29) is 18.0 Å². The Labute approximate surface area is 253 Å². The number of carbonyl (C=O) groups excluding carboxylic acids is 1. The number of fused-ring (bicyclic) bond motifs is 2. The van der Waals surface area contributed by atoms with Gasteiger partial charge >= 0.3 is 0 Å². The van der Waals surface area contributed by atoms with Gasteiger partial charge in [-0.15, -0.1) is 0 Å². The van der Waals surface area contributed by atoms with Gasteiger partial charge in [-0.1, -0.05) is 0 Å². The predicted octanol–water partition coefficient (Wildman–Crippen LogP) is 4.57. The minimum atomic E-state index is -3.15. The summed E-state index contributed by atoms with van der Waals surface area (Å²) in [5.74, 6) is 1.60. The summed E-state index contributed by atoms with van der Waals surface area (Å²) in [7, 11) is -1.40. The van der Waals surface area contributed by atoms with Crippen LogP contribution in [0.5, 0.6) is 0 Å². The van der Waals surface area contributed by atoms with Crippen molar-refractivity contribution in [3.8, 4) is 5.69 Å². The van der Waals surface area contributed by atoms with E-state index in [2.05, 4.69) is 25.8 Å². The summed E-state index contributed by atoms with van der Waals surface area (Å²) in [6.45, 7) is 7.19. The minimum Gasteiger partial charge on any atom is -0.339 e. The van der Waals surface area contributed by atoms with E-state index >= 15 is 0 Å². The fourth-order valence-electron chi connectivity index (χ4n) is 7.73. The molecule has 2 saturated carbocycles. The van der Waals surface area contributed by atoms with Crippen LogP contribution in [0.2, 0.25) is 0 Å². The molecule has 2 aromatic heterocycles. The van der Waals surface area contributed by atoms with Crippen LogP contribution < -0.4 is 4.72 Å². The number of nitrogens with one attached hydrogen (secondary N) is 1. The molecule has 232 valence electrons. The van der Waals surface area contributed by atoms with Gasteiger partial charge in [-0.2, -0.15) is 0 Å². The highest BCUT2D eigenvalue weighted by Crippen LogP contribution is 2.48. The maximum Gasteiger partial charge on any atom is 0.256 e. The molecule has 2 aliphatic carbocycles. The van der Waals surface area contributed by atoms with Gasteiger partial charge in [0.25, 0.3) is 5.91 Å². The van der Waals surface area contributed by atoms with Crippen LogP contribution in [0.3, 0.4) is 0 Å². The number of nitrogens with zero attached hydrogens (tertiary/aromatic N) is 5. The maximum absolute atomic E-state index is 14.4. The standard InChI is InChI=1S/C32H43FN6O3S/c1-20(2)37(3)32(40)27-13-25(33)7-10-29(27)39-18-28(31-30(39)14-34-19-35-31)22-11-23-16-38(17-24(23)12-22)15-21-5-8-26(9-6-21)36-43(4,41)42/h7,10,13-14,18-24,26,36H,5-6,8-9,11-12,15-17H2,1-4H3. The highest BCUT2D eigenvalue weighted by atomic mass is 32.2. The number of carbonyl (C=O) groups is 1. The second-order valence-corrected chi connectivity index (χ2v) is 15.2. The molecule has 3 aliphatic rings. The summed E-state index contributed by atoms with van der Waals surface area (Å²) in [5, 5.41) is 0. The number of amides is 1. The van der Waals surface area contributed by atoms with Crippen molar-refractivity contribution in [3.63, 3.8) is 0 Å². The third-order valence-electron chi connectivity index (χ3n) is 10.0. The van der Waals surface area contributed by atoms with Crippen molar-refractivity contribution in [2.24, 2.45) is 17.8 Å². The minimum absolute atomic E-state index is 0.0201. The Balaban J connectivity index is 1.17. The first-order chi connectivity index (χ1) is 20.5. The van der Waals surface area contributed by atoms with Gasteiger partial charge in [-0.05, 0) is 99.8 Å². The van der Waals surface area contributed by atoms with Gasteiger partial charge in [0.1, 0.15) is 12.1 Å². The van der Waals surface area contributed by atoms with Gasteiger partial charge in [0, 0.05) is 45.0 Å². The zero-order chi connectivity index (χ0) is 30.5. The molecule has 3 heterocycles. The van der Waals surface area contributed by atoms with E-state index in [0.717, 1.165) is 69.2 Å². The monoisotopic (exact) mass is 610 g/mol. The van der Waals surface area contributed by atoms with Crippen molar-refractivity contribution in [1.29, 1.82) is 0 Å². The van der Waals surface area contributed by atoms with Crippen molar-refractivity contribution in [1.82, 2.24) is 29.1 Å². The lowest BCUT2D eigenvalue weighted by molar-refractivity contribution is 0.0754. The number of aromatic nitrogens is 3. The average Bonchev–Trinajstić information content (AvgIpc) is 3.64. The van der Waals surface area contributed by atoms with Gasteiger partial charge in [0.05, 0.1) is 34.7 Å². The molecule has 1 N–H and O–H groups in total. The first-order valence-electron chi connectivity index (χ1n) is 15.5. The molecule has 0 spiro atoms. The number of sulfonamides is 1. The number of rotatable bonds is 8. The summed E-state index contributed by atoms with van der Waals surface area (Å²) < 4.78 is 42.3. The smallest absolute Gasteiger partial charge is 0.256 e. The molecule has 2 atom stereocenters. The van der Waals surface area contributed by atoms with Gasteiger partial charge in [-0.25, -0.2) is 27.5 Å². The molecule has 9 nitrogen and oxygen atoms in total. The molecule has 1 amide bonds. The fourth-order valence-corrected chi connectivity index (χ4v) is 8.58. The van der Waals surface area contributed by atoms with Crippen molar-refractivity contribution in [2.45, 2.75) is 70.4 Å². The molecular weight excluding hydrogens is 567 g/mol. The topological polar surface area (TPSA) is 100 Å². The highest BCUT2D eigenvalue weighted by Gasteiger charge is 2.43. The Bertz CT molecular complexity index is 1590. The Morgan fingerprint density at radius 1 is 1.14 bits per heavy atom. The van der Waals surface area contributed by atoms with Crippen molar-refractivity contribution < 1.29 is 17.6 Å². The van der Waals surface area contributed by atoms with Crippen molar-refractivity contribution >= 4 is 27.0 Å². The van der Waals surface area contributed by atoms with Crippen molar-refractivity contribution in [2.75, 3.05) is 32.9 Å². The lowest BCUT2D eigenvalue weighted by Gasteiger charge is -2.31. The van der Waals surface area contributed by atoms with Gasteiger partial charge < -0.3 is 14.4 Å². The number of likely N-dealkylation sites (tertiary alicyclic amines) is 1. The lowest BCUT2D eigenvalue weighted by Crippen LogP contribution is -2.39. The van der Waals surface area contributed by atoms with Crippen LogP contribution in [0.15, 0.2) is 36.9 Å². The molecule has 1 aromatic carbocycles. The quantitative estimate of drug-likeness (QED) is 0.401. The normalized spacial score (nSPS) is 26.3. The van der Waals surface area contributed by atoms with Crippen LogP contribution in [0.4, 0.5) is 4.39 Å². The highest BCUT2D eigenvalue weighted by molar-refractivity contribution is 7.88. The van der Waals surface area contributed by atoms with E-state index in [1.54, 1.807) is 30.5 Å². The molecule has 0 bridgehead atoms. The van der Waals surface area contributed by atoms with E-state index in [9.17, 15) is 17.6 Å². The van der Waals surface area contributed by atoms with Crippen LogP contribution in [0.25, 0.3) is 16.7 Å². The number of hydrogen-bond donors (Lipinski definition) is 1. The van der Waals surface area contributed by atoms with Gasteiger partial charge in [0.15, 0.2) is 0 Å². The summed E-state index contributed by atoms with van der Waals surface area (Å²) in [6, 6.07) is 4.47. The van der Waals surface area contributed by atoms with Crippen LogP contribution in [-0.4, -0.2) is 83.7 Å². The molecule has 3 aromatic rings. The Hall–Kier alpha value is -2.89. The molecule has 43 heavy (non-hydrogen) atoms. The molecule has 6 rings (SSSR count). The third kappa shape index (κ3) is 6.35. The van der Waals surface area contributed by atoms with Crippen LogP contribution >= 0.6 is 0 Å². The first kappa shape index (κ1) is 30.1. The zero-order valence-corrected chi connectivity index (χ0v) is 26.4. The number of benzene rings is 1. The van der Waals surface area contributed by atoms with E-state index in [0.29, 0.717) is 34.9 Å². The van der Waals surface area contributed by atoms with Gasteiger partial charge in [-0.3, -0.25) is 4.79 Å². The molecule has 0 radical (unpaired) electrons. The summed E-state index contributed by atoms with van der Waals surface area (Å²) in [5.41, 5.74) is 3.86. The lowest BCUT2D eigenvalue weighted by atomic mass is 9.86. The third-order valence-corrected chi connectivity index (χ3v) is 10.8. The summed E-state index contributed by atoms with van der Waals surface area (Å²) in [6.07, 6.45) is 12.9. The second kappa shape index (κ2) is 11.9. The molecule has 1 saturated heterocycles. The van der Waals surface area contributed by atoms with E-state index in [4.69, 9.17) is 0 Å². The number of halogens is 1. The largest absolute Gasteiger partial charge is 0.339 e. The Kier molecular flexibility index (Phi) is 8.34. The van der Waals surface area contributed by atoms with E-state index in [1.807, 2.05) is 18.4 Å². The second-order valence-electron chi connectivity index (χ2n) is 13.4. The number of hydrogen-bond acceptors (Lipinski definition) is 6. The summed E-state index contributed by atoms with van der Waals surface area (Å²) >= 11 is 0. The van der Waals surface area contributed by atoms with E-state index in [1.165, 1.54) is 24.0 Å². The van der Waals surface area contributed by atoms with Crippen LogP contribution in [0.1, 0.15) is 74.2 Å². The van der Waals surface area contributed by atoms with Crippen LogP contribution in [0, 0.1) is 23.6 Å². The molecular formula is C32H43FN6O3S. The van der Waals surface area contributed by atoms with Crippen LogP contribution in [-0.2, 0) is 10.0 Å². The van der Waals surface area contributed by atoms with Crippen molar-refractivity contribution in [3.05, 3.63) is 53.9 Å². The molecule has 1 aliphatic heterocycles. The summed E-state index contributed by atoms with van der Waals surface area (Å²) in [4.78, 5) is 26.6. The predicted molar refractivity (Wildman–Crippen MR) is 165 cm³/mol. The zero-order valence-electron chi connectivity index (χ0n) is 25.5. The van der Waals surface area contributed by atoms with Gasteiger partial charge in [0.2, 0.25) is 10.0 Å². The Morgan fingerprint density at radius 2 is 1.84 bits per heavy atom. The maximum atomic E-state index is 14.4. The SMILES string of the molecule is CC(C)N(C)C(=O)c1cc(F)ccc1-n1cc(C2CC3CN(CC4CCC(NS(C)(=O)=O)CC4)CC3C2)c2ncncc21. The molecule has 11 heteroatoms. The molecule has 2 unspecified atom stereocenters. The first-order valence-corrected chi connectivity index (χ1v) is 17.4. The Morgan fingerprint density at radius 3 is 2.49 bits per heavy atom. The average molecular weight is 611 g/mol. The molecule has 3 fully saturated rings. The fraction of sp³-hybridized carbons (Fsp3) is 0.594. The van der Waals surface area contributed by atoms with E-state index < -0.39 is 15.8 Å².